The number of hydrogen-bond acceptors (Lipinski definition) is 6. The van der Waals surface area contributed by atoms with Gasteiger partial charge in [0.2, 0.25) is 0 Å². The van der Waals surface area contributed by atoms with E-state index in [4.69, 9.17) is 14.2 Å². The molecule has 1 aromatic heterocycles. The van der Waals surface area contributed by atoms with Crippen molar-refractivity contribution in [2.75, 3.05) is 21.3 Å². The quantitative estimate of drug-likeness (QED) is 0.318. The number of carbonyl (C=O) groups excluding carboxylic acids is 2. The van der Waals surface area contributed by atoms with Gasteiger partial charge in [-0.25, -0.2) is 4.79 Å². The highest BCUT2D eigenvalue weighted by atomic mass is 32.1. The Morgan fingerprint density at radius 3 is 2.55 bits per heavy atom. The number of fused-ring (bicyclic) bond motifs is 1. The van der Waals surface area contributed by atoms with Crippen LogP contribution in [0.1, 0.15) is 15.9 Å². The molecular weight excluding hydrogens is 416 g/mol. The Balaban J connectivity index is 1.95. The van der Waals surface area contributed by atoms with E-state index >= 15 is 0 Å². The maximum absolute atomic E-state index is 12.5. The normalized spacial score (nSPS) is 11.6. The Hall–Kier alpha value is -3.65. The average molecular weight is 439 g/mol. The minimum Gasteiger partial charge on any atom is -0.493 e. The van der Waals surface area contributed by atoms with Crippen LogP contribution in [0.15, 0.2) is 60.1 Å². The molecule has 8 heteroatoms. The van der Waals surface area contributed by atoms with E-state index in [-0.39, 0.29) is 0 Å². The van der Waals surface area contributed by atoms with E-state index < -0.39 is 11.9 Å². The van der Waals surface area contributed by atoms with Crippen molar-refractivity contribution in [1.82, 2.24) is 4.57 Å². The molecule has 0 spiro atoms. The predicted molar refractivity (Wildman–Crippen MR) is 121 cm³/mol. The standard InChI is InChI=1S/C23H22N2O5S/c1-5-12-25-17-9-8-16(22(27)30-4)14-20(17)31-23(25)24-21(26)11-7-15-6-10-18(28-2)19(13-15)29-3/h5-11,13-14H,1,12H2,2-4H3/b11-7-,24-23?. The zero-order valence-electron chi connectivity index (χ0n) is 17.5. The average Bonchev–Trinajstić information content (AvgIpc) is 3.13. The number of thiazole rings is 1. The molecule has 0 N–H and O–H groups in total. The number of rotatable bonds is 7. The highest BCUT2D eigenvalue weighted by Crippen LogP contribution is 2.28. The lowest BCUT2D eigenvalue weighted by Gasteiger charge is -2.07. The van der Waals surface area contributed by atoms with E-state index in [1.807, 2.05) is 16.7 Å². The largest absolute Gasteiger partial charge is 0.493 e. The number of nitrogens with zero attached hydrogens (tertiary/aromatic N) is 2. The second kappa shape index (κ2) is 9.90. The van der Waals surface area contributed by atoms with Crippen molar-refractivity contribution < 1.29 is 23.8 Å². The smallest absolute Gasteiger partial charge is 0.337 e. The van der Waals surface area contributed by atoms with Crippen molar-refractivity contribution in [1.29, 1.82) is 0 Å². The van der Waals surface area contributed by atoms with Gasteiger partial charge < -0.3 is 18.8 Å². The van der Waals surface area contributed by atoms with Gasteiger partial charge in [0.1, 0.15) is 0 Å². The third kappa shape index (κ3) is 4.92. The van der Waals surface area contributed by atoms with Gasteiger partial charge in [0, 0.05) is 12.6 Å². The molecule has 2 aromatic carbocycles. The van der Waals surface area contributed by atoms with Gasteiger partial charge >= 0.3 is 5.97 Å². The molecular formula is C23H22N2O5S. The number of carbonyl (C=O) groups is 2. The van der Waals surface area contributed by atoms with Crippen LogP contribution < -0.4 is 14.3 Å². The summed E-state index contributed by atoms with van der Waals surface area (Å²) in [6.45, 7) is 4.25. The van der Waals surface area contributed by atoms with Crippen molar-refractivity contribution >= 4 is 39.5 Å². The van der Waals surface area contributed by atoms with Gasteiger partial charge in [-0.05, 0) is 42.0 Å². The highest BCUT2D eigenvalue weighted by molar-refractivity contribution is 7.16. The minimum atomic E-state index is -0.419. The molecule has 1 heterocycles. The summed E-state index contributed by atoms with van der Waals surface area (Å²) in [5.74, 6) is 0.354. The number of allylic oxidation sites excluding steroid dienone is 1. The SMILES string of the molecule is C=CCn1c(=NC(=O)/C=C\c2ccc(OC)c(OC)c2)sc2cc(C(=O)OC)ccc21. The predicted octanol–water partition coefficient (Wildman–Crippen LogP) is 3.83. The first-order chi connectivity index (χ1) is 15.0. The molecule has 0 saturated heterocycles. The molecule has 0 atom stereocenters. The molecule has 0 aliphatic carbocycles. The monoisotopic (exact) mass is 438 g/mol. The van der Waals surface area contributed by atoms with Crippen molar-refractivity contribution in [3.8, 4) is 11.5 Å². The molecule has 0 bridgehead atoms. The third-order valence-electron chi connectivity index (χ3n) is 4.45. The highest BCUT2D eigenvalue weighted by Gasteiger charge is 2.11. The van der Waals surface area contributed by atoms with E-state index in [0.29, 0.717) is 28.4 Å². The Morgan fingerprint density at radius 1 is 1.10 bits per heavy atom. The van der Waals surface area contributed by atoms with E-state index in [9.17, 15) is 9.59 Å². The second-order valence-electron chi connectivity index (χ2n) is 6.36. The lowest BCUT2D eigenvalue weighted by atomic mass is 10.2. The van der Waals surface area contributed by atoms with Gasteiger partial charge in [0.15, 0.2) is 16.3 Å². The number of esters is 1. The van der Waals surface area contributed by atoms with Crippen LogP contribution in [0, 0.1) is 0 Å². The van der Waals surface area contributed by atoms with Crippen LogP contribution in [-0.2, 0) is 16.1 Å². The Bertz CT molecular complexity index is 1240. The van der Waals surface area contributed by atoms with Gasteiger partial charge in [-0.3, -0.25) is 4.79 Å². The summed E-state index contributed by atoms with van der Waals surface area (Å²) in [5.41, 5.74) is 2.07. The Labute approximate surface area is 183 Å². The van der Waals surface area contributed by atoms with Crippen molar-refractivity contribution in [3.63, 3.8) is 0 Å². The minimum absolute atomic E-state index is 0.410. The number of amides is 1. The topological polar surface area (TPSA) is 79.1 Å². The molecule has 0 aliphatic rings. The summed E-state index contributed by atoms with van der Waals surface area (Å²) in [7, 11) is 4.45. The summed E-state index contributed by atoms with van der Waals surface area (Å²) >= 11 is 1.32. The van der Waals surface area contributed by atoms with Crippen LogP contribution in [-0.4, -0.2) is 37.8 Å². The van der Waals surface area contributed by atoms with Crippen molar-refractivity contribution in [2.24, 2.45) is 4.99 Å². The van der Waals surface area contributed by atoms with Crippen molar-refractivity contribution in [3.05, 3.63) is 71.1 Å². The number of benzene rings is 2. The zero-order chi connectivity index (χ0) is 22.4. The molecule has 0 fully saturated rings. The Morgan fingerprint density at radius 2 is 1.87 bits per heavy atom. The van der Waals surface area contributed by atoms with Crippen LogP contribution in [0.25, 0.3) is 16.3 Å². The molecule has 0 saturated carbocycles. The van der Waals surface area contributed by atoms with E-state index in [1.165, 1.54) is 24.5 Å². The van der Waals surface area contributed by atoms with Crippen molar-refractivity contribution in [2.45, 2.75) is 6.54 Å². The fourth-order valence-electron chi connectivity index (χ4n) is 2.96. The van der Waals surface area contributed by atoms with Crippen LogP contribution in [0.3, 0.4) is 0 Å². The number of ether oxygens (including phenoxy) is 3. The summed E-state index contributed by atoms with van der Waals surface area (Å²) in [6, 6.07) is 10.6. The molecule has 0 radical (unpaired) electrons. The van der Waals surface area contributed by atoms with Gasteiger partial charge in [0.05, 0.1) is 37.1 Å². The summed E-state index contributed by atoms with van der Waals surface area (Å²) in [4.78, 5) is 29.1. The molecule has 0 aliphatic heterocycles. The lowest BCUT2D eigenvalue weighted by molar-refractivity contribution is -0.113. The summed E-state index contributed by atoms with van der Waals surface area (Å²) < 4.78 is 18.0. The van der Waals surface area contributed by atoms with Gasteiger partial charge in [-0.15, -0.1) is 6.58 Å². The number of hydrogen-bond donors (Lipinski definition) is 0. The first kappa shape index (κ1) is 22.0. The number of methoxy groups -OCH3 is 3. The van der Waals surface area contributed by atoms with Gasteiger partial charge in [0.25, 0.3) is 5.91 Å². The van der Waals surface area contributed by atoms with Crippen LogP contribution in [0.2, 0.25) is 0 Å². The van der Waals surface area contributed by atoms with E-state index in [0.717, 1.165) is 15.8 Å². The number of aromatic nitrogens is 1. The van der Waals surface area contributed by atoms with Gasteiger partial charge in [-0.2, -0.15) is 4.99 Å². The fraction of sp³-hybridized carbons (Fsp3) is 0.174. The van der Waals surface area contributed by atoms with Crippen LogP contribution >= 0.6 is 11.3 Å². The van der Waals surface area contributed by atoms with E-state index in [2.05, 4.69) is 11.6 Å². The lowest BCUT2D eigenvalue weighted by Crippen LogP contribution is -2.15. The molecule has 0 unspecified atom stereocenters. The van der Waals surface area contributed by atoms with Gasteiger partial charge in [-0.1, -0.05) is 23.5 Å². The van der Waals surface area contributed by atoms with Crippen LogP contribution in [0.5, 0.6) is 11.5 Å². The molecule has 3 rings (SSSR count). The third-order valence-corrected chi connectivity index (χ3v) is 5.49. The second-order valence-corrected chi connectivity index (χ2v) is 7.36. The summed E-state index contributed by atoms with van der Waals surface area (Å²) in [5, 5.41) is 0. The Kier molecular flexibility index (Phi) is 7.04. The van der Waals surface area contributed by atoms with Crippen LogP contribution in [0.4, 0.5) is 0 Å². The zero-order valence-corrected chi connectivity index (χ0v) is 18.3. The fourth-order valence-corrected chi connectivity index (χ4v) is 4.05. The molecule has 160 valence electrons. The first-order valence-corrected chi connectivity index (χ1v) is 10.1. The summed E-state index contributed by atoms with van der Waals surface area (Å²) in [6.07, 6.45) is 4.78. The first-order valence-electron chi connectivity index (χ1n) is 9.32. The molecule has 31 heavy (non-hydrogen) atoms. The molecule has 3 aromatic rings. The maximum Gasteiger partial charge on any atom is 0.337 e. The maximum atomic E-state index is 12.5. The van der Waals surface area contributed by atoms with E-state index in [1.54, 1.807) is 50.6 Å². The molecule has 7 nitrogen and oxygen atoms in total. The molecule has 1 amide bonds.